The van der Waals surface area contributed by atoms with Crippen molar-refractivity contribution >= 4 is 15.7 Å². The van der Waals surface area contributed by atoms with Gasteiger partial charge in [0.2, 0.25) is 0 Å². The Morgan fingerprint density at radius 3 is 2.57 bits per heavy atom. The van der Waals surface area contributed by atoms with Crippen molar-refractivity contribution in [2.75, 3.05) is 26.5 Å². The number of carbonyl (C=O) groups is 1. The summed E-state index contributed by atoms with van der Waals surface area (Å²) in [7, 11) is 0.0269. The lowest BCUT2D eigenvalue weighted by atomic mass is 10.1. The first kappa shape index (κ1) is 14.2. The summed E-state index contributed by atoms with van der Waals surface area (Å²) in [4.78, 5) is 14.3. The average Bonchev–Trinajstić information content (AvgIpc) is 3.01. The van der Waals surface area contributed by atoms with Gasteiger partial charge in [0, 0.05) is 18.7 Å². The van der Waals surface area contributed by atoms with E-state index in [1.165, 1.54) is 7.11 Å². The molecule has 1 aromatic rings. The topological polar surface area (TPSA) is 72.9 Å². The number of rotatable bonds is 3. The maximum Gasteiger partial charge on any atom is 0.257 e. The zero-order valence-corrected chi connectivity index (χ0v) is 12.7. The number of ether oxygens (including phenoxy) is 2. The highest BCUT2D eigenvalue weighted by atomic mass is 32.2. The van der Waals surface area contributed by atoms with Gasteiger partial charge in [0.15, 0.2) is 9.84 Å². The lowest BCUT2D eigenvalue weighted by Crippen LogP contribution is -2.44. The fourth-order valence-electron chi connectivity index (χ4n) is 3.07. The molecule has 2 aliphatic heterocycles. The Hall–Kier alpha value is -1.76. The first-order valence-corrected chi connectivity index (χ1v) is 8.42. The number of benzene rings is 1. The van der Waals surface area contributed by atoms with Crippen LogP contribution in [0, 0.1) is 0 Å². The van der Waals surface area contributed by atoms with Crippen molar-refractivity contribution in [3.8, 4) is 11.5 Å². The van der Waals surface area contributed by atoms with Crippen molar-refractivity contribution in [3.63, 3.8) is 0 Å². The number of fused-ring (bicyclic) bond motifs is 2. The van der Waals surface area contributed by atoms with Crippen LogP contribution in [-0.2, 0) is 9.84 Å². The van der Waals surface area contributed by atoms with Crippen LogP contribution >= 0.6 is 0 Å². The molecule has 2 bridgehead atoms. The number of hydrogen-bond acceptors (Lipinski definition) is 5. The summed E-state index contributed by atoms with van der Waals surface area (Å²) in [6, 6.07) is 4.79. The van der Waals surface area contributed by atoms with Gasteiger partial charge in [-0.3, -0.25) is 4.79 Å². The van der Waals surface area contributed by atoms with Crippen LogP contribution in [0.25, 0.3) is 0 Å². The molecule has 0 saturated carbocycles. The third-order valence-electron chi connectivity index (χ3n) is 4.21. The molecule has 0 radical (unpaired) electrons. The van der Waals surface area contributed by atoms with Crippen LogP contribution in [-0.4, -0.2) is 57.0 Å². The standard InChI is InChI=1S/C14H17NO5S/c1-19-10-3-4-12(13(6-10)20-2)14(16)15-7-11-5-9(15)8-21(11,17)18/h3-4,6,9,11H,5,7-8H2,1-2H3. The summed E-state index contributed by atoms with van der Waals surface area (Å²) in [5.41, 5.74) is 0.434. The second kappa shape index (κ2) is 4.91. The Kier molecular flexibility index (Phi) is 3.32. The molecule has 2 atom stereocenters. The van der Waals surface area contributed by atoms with E-state index in [-0.39, 0.29) is 24.2 Å². The molecule has 2 fully saturated rings. The highest BCUT2D eigenvalue weighted by Gasteiger charge is 2.50. The fourth-order valence-corrected chi connectivity index (χ4v) is 5.10. The maximum atomic E-state index is 12.6. The first-order chi connectivity index (χ1) is 9.96. The van der Waals surface area contributed by atoms with Gasteiger partial charge in [-0.2, -0.15) is 0 Å². The zero-order chi connectivity index (χ0) is 15.2. The van der Waals surface area contributed by atoms with Crippen molar-refractivity contribution in [2.24, 2.45) is 0 Å². The second-order valence-electron chi connectivity index (χ2n) is 5.36. The van der Waals surface area contributed by atoms with Crippen molar-refractivity contribution in [1.29, 1.82) is 0 Å². The summed E-state index contributed by atoms with van der Waals surface area (Å²) in [6.07, 6.45) is 0.548. The second-order valence-corrected chi connectivity index (χ2v) is 7.69. The van der Waals surface area contributed by atoms with Crippen molar-refractivity contribution in [3.05, 3.63) is 23.8 Å². The normalized spacial score (nSPS) is 25.9. The lowest BCUT2D eigenvalue weighted by molar-refractivity contribution is 0.0742. The summed E-state index contributed by atoms with van der Waals surface area (Å²) >= 11 is 0. The number of methoxy groups -OCH3 is 2. The van der Waals surface area contributed by atoms with Crippen LogP contribution in [0.4, 0.5) is 0 Å². The van der Waals surface area contributed by atoms with Gasteiger partial charge in [0.1, 0.15) is 11.5 Å². The smallest absolute Gasteiger partial charge is 0.257 e. The molecule has 2 aliphatic rings. The summed E-state index contributed by atoms with van der Waals surface area (Å²) in [5.74, 6) is 0.929. The van der Waals surface area contributed by atoms with E-state index < -0.39 is 15.1 Å². The monoisotopic (exact) mass is 311 g/mol. The Morgan fingerprint density at radius 2 is 2.05 bits per heavy atom. The molecule has 3 rings (SSSR count). The van der Waals surface area contributed by atoms with E-state index in [4.69, 9.17) is 9.47 Å². The number of carbonyl (C=O) groups excluding carboxylic acids is 1. The van der Waals surface area contributed by atoms with Gasteiger partial charge in [0.05, 0.1) is 30.8 Å². The summed E-state index contributed by atoms with van der Waals surface area (Å²) in [5, 5.41) is -0.407. The van der Waals surface area contributed by atoms with E-state index in [0.29, 0.717) is 23.5 Å². The molecule has 6 nitrogen and oxygen atoms in total. The minimum absolute atomic E-state index is 0.0713. The van der Waals surface area contributed by atoms with E-state index >= 15 is 0 Å². The lowest BCUT2D eigenvalue weighted by Gasteiger charge is -2.27. The fraction of sp³-hybridized carbons (Fsp3) is 0.500. The maximum absolute atomic E-state index is 12.6. The van der Waals surface area contributed by atoms with Gasteiger partial charge < -0.3 is 14.4 Å². The molecule has 2 unspecified atom stereocenters. The minimum Gasteiger partial charge on any atom is -0.497 e. The van der Waals surface area contributed by atoms with Crippen LogP contribution in [0.3, 0.4) is 0 Å². The summed E-state index contributed by atoms with van der Waals surface area (Å²) in [6.45, 7) is 0.279. The van der Waals surface area contributed by atoms with E-state index in [0.717, 1.165) is 0 Å². The van der Waals surface area contributed by atoms with Gasteiger partial charge in [0.25, 0.3) is 5.91 Å². The highest BCUT2D eigenvalue weighted by molar-refractivity contribution is 7.92. The molecule has 1 amide bonds. The van der Waals surface area contributed by atoms with Gasteiger partial charge >= 0.3 is 0 Å². The van der Waals surface area contributed by atoms with E-state index in [9.17, 15) is 13.2 Å². The minimum atomic E-state index is -3.01. The quantitative estimate of drug-likeness (QED) is 0.822. The molecule has 0 spiro atoms. The molecular weight excluding hydrogens is 294 g/mol. The van der Waals surface area contributed by atoms with Gasteiger partial charge in [-0.25, -0.2) is 8.42 Å². The van der Waals surface area contributed by atoms with Crippen LogP contribution in [0.1, 0.15) is 16.8 Å². The largest absolute Gasteiger partial charge is 0.497 e. The molecule has 7 heteroatoms. The predicted octanol–water partition coefficient (Wildman–Crippen LogP) is 0.715. The molecule has 114 valence electrons. The Bertz CT molecular complexity index is 685. The predicted molar refractivity (Wildman–Crippen MR) is 76.6 cm³/mol. The number of likely N-dealkylation sites (tertiary alicyclic amines) is 1. The molecule has 0 aliphatic carbocycles. The van der Waals surface area contributed by atoms with E-state index in [2.05, 4.69) is 0 Å². The summed E-state index contributed by atoms with van der Waals surface area (Å²) < 4.78 is 33.9. The van der Waals surface area contributed by atoms with E-state index in [1.807, 2.05) is 0 Å². The van der Waals surface area contributed by atoms with Crippen LogP contribution < -0.4 is 9.47 Å². The molecule has 1 aromatic carbocycles. The molecule has 0 aromatic heterocycles. The van der Waals surface area contributed by atoms with Crippen molar-refractivity contribution < 1.29 is 22.7 Å². The van der Waals surface area contributed by atoms with Crippen molar-refractivity contribution in [1.82, 2.24) is 4.90 Å². The Labute approximate surface area is 123 Å². The first-order valence-electron chi connectivity index (χ1n) is 6.71. The highest BCUT2D eigenvalue weighted by Crippen LogP contribution is 2.35. The Morgan fingerprint density at radius 1 is 1.29 bits per heavy atom. The molecular formula is C14H17NO5S. The molecule has 2 saturated heterocycles. The van der Waals surface area contributed by atoms with Gasteiger partial charge in [-0.1, -0.05) is 0 Å². The van der Waals surface area contributed by atoms with Crippen LogP contribution in [0.15, 0.2) is 18.2 Å². The SMILES string of the molecule is COc1ccc(C(=O)N2CC3CC2CS3(=O)=O)c(OC)c1. The average molecular weight is 311 g/mol. The third kappa shape index (κ3) is 2.25. The number of hydrogen-bond donors (Lipinski definition) is 0. The van der Waals surface area contributed by atoms with Crippen molar-refractivity contribution in [2.45, 2.75) is 17.7 Å². The third-order valence-corrected chi connectivity index (χ3v) is 6.42. The molecule has 0 N–H and O–H groups in total. The van der Waals surface area contributed by atoms with Crippen LogP contribution in [0.2, 0.25) is 0 Å². The number of amides is 1. The van der Waals surface area contributed by atoms with E-state index in [1.54, 1.807) is 30.2 Å². The molecule has 2 heterocycles. The van der Waals surface area contributed by atoms with Crippen LogP contribution in [0.5, 0.6) is 11.5 Å². The number of nitrogens with zero attached hydrogens (tertiary/aromatic N) is 1. The zero-order valence-electron chi connectivity index (χ0n) is 11.9. The van der Waals surface area contributed by atoms with Gasteiger partial charge in [-0.05, 0) is 18.6 Å². The Balaban J connectivity index is 1.87. The molecule has 21 heavy (non-hydrogen) atoms. The number of sulfone groups is 1. The van der Waals surface area contributed by atoms with Gasteiger partial charge in [-0.15, -0.1) is 0 Å².